The number of carbonyl (C=O) groups excluding carboxylic acids is 4. The second kappa shape index (κ2) is 12.4. The van der Waals surface area contributed by atoms with Crippen LogP contribution in [0.2, 0.25) is 0 Å². The van der Waals surface area contributed by atoms with E-state index in [4.69, 9.17) is 9.47 Å². The van der Waals surface area contributed by atoms with Crippen molar-refractivity contribution in [1.29, 1.82) is 0 Å². The van der Waals surface area contributed by atoms with E-state index < -0.39 is 36.0 Å². The molecule has 0 bridgehead atoms. The maximum Gasteiger partial charge on any atom is 0.408 e. The van der Waals surface area contributed by atoms with Crippen LogP contribution in [-0.2, 0) is 30.5 Å². The first kappa shape index (κ1) is 23.9. The van der Waals surface area contributed by atoms with Gasteiger partial charge in [-0.3, -0.25) is 14.4 Å². The second-order valence-electron chi connectivity index (χ2n) is 6.68. The zero-order valence-corrected chi connectivity index (χ0v) is 17.2. The van der Waals surface area contributed by atoms with Gasteiger partial charge >= 0.3 is 12.1 Å². The average molecular weight is 407 g/mol. The average Bonchev–Trinajstić information content (AvgIpc) is 2.69. The summed E-state index contributed by atoms with van der Waals surface area (Å²) in [7, 11) is 0. The van der Waals surface area contributed by atoms with Crippen molar-refractivity contribution in [1.82, 2.24) is 16.0 Å². The molecule has 1 rings (SSSR count). The van der Waals surface area contributed by atoms with E-state index in [1.807, 2.05) is 30.3 Å². The van der Waals surface area contributed by atoms with Crippen molar-refractivity contribution in [2.75, 3.05) is 13.2 Å². The van der Waals surface area contributed by atoms with E-state index in [1.54, 1.807) is 20.8 Å². The number of esters is 1. The van der Waals surface area contributed by atoms with E-state index in [2.05, 4.69) is 16.0 Å². The summed E-state index contributed by atoms with van der Waals surface area (Å²) in [5, 5.41) is 7.42. The van der Waals surface area contributed by atoms with Gasteiger partial charge in [0.2, 0.25) is 11.8 Å². The number of hydrogen-bond acceptors (Lipinski definition) is 6. The van der Waals surface area contributed by atoms with Gasteiger partial charge in [0, 0.05) is 0 Å². The largest absolute Gasteiger partial charge is 0.465 e. The van der Waals surface area contributed by atoms with Gasteiger partial charge in [0.1, 0.15) is 25.2 Å². The normalized spacial score (nSPS) is 12.4. The number of alkyl carbamates (subject to hydrolysis) is 1. The molecule has 1 aromatic carbocycles. The van der Waals surface area contributed by atoms with Crippen molar-refractivity contribution < 1.29 is 28.7 Å². The molecule has 0 radical (unpaired) electrons. The number of rotatable bonds is 10. The van der Waals surface area contributed by atoms with E-state index in [9.17, 15) is 19.2 Å². The monoisotopic (exact) mass is 407 g/mol. The Labute approximate surface area is 170 Å². The predicted molar refractivity (Wildman–Crippen MR) is 106 cm³/mol. The Morgan fingerprint density at radius 2 is 1.59 bits per heavy atom. The molecule has 9 nitrogen and oxygen atoms in total. The van der Waals surface area contributed by atoms with Gasteiger partial charge in [-0.2, -0.15) is 0 Å². The molecule has 2 unspecified atom stereocenters. The first-order chi connectivity index (χ1) is 13.7. The summed E-state index contributed by atoms with van der Waals surface area (Å²) < 4.78 is 9.86. The van der Waals surface area contributed by atoms with Crippen molar-refractivity contribution in [3.63, 3.8) is 0 Å². The number of ether oxygens (including phenoxy) is 2. The Balaban J connectivity index is 2.52. The van der Waals surface area contributed by atoms with Crippen LogP contribution in [0.5, 0.6) is 0 Å². The number of hydrogen-bond donors (Lipinski definition) is 3. The Bertz CT molecular complexity index is 693. The molecular formula is C20H29N3O6. The topological polar surface area (TPSA) is 123 Å². The van der Waals surface area contributed by atoms with Gasteiger partial charge in [-0.1, -0.05) is 44.2 Å². The summed E-state index contributed by atoms with van der Waals surface area (Å²) in [5.41, 5.74) is 0.820. The van der Waals surface area contributed by atoms with E-state index in [-0.39, 0.29) is 25.7 Å². The molecule has 0 spiro atoms. The molecule has 2 atom stereocenters. The van der Waals surface area contributed by atoms with Crippen molar-refractivity contribution >= 4 is 23.9 Å². The lowest BCUT2D eigenvalue weighted by Crippen LogP contribution is -2.54. The third kappa shape index (κ3) is 9.09. The minimum Gasteiger partial charge on any atom is -0.465 e. The Hall–Kier alpha value is -3.10. The van der Waals surface area contributed by atoms with Gasteiger partial charge in [0.25, 0.3) is 0 Å². The molecule has 0 aliphatic carbocycles. The van der Waals surface area contributed by atoms with Gasteiger partial charge in [0.05, 0.1) is 6.61 Å². The maximum atomic E-state index is 12.5. The summed E-state index contributed by atoms with van der Waals surface area (Å²) in [6.45, 7) is 6.65. The highest BCUT2D eigenvalue weighted by atomic mass is 16.5. The van der Waals surface area contributed by atoms with Gasteiger partial charge in [-0.05, 0) is 25.3 Å². The smallest absolute Gasteiger partial charge is 0.408 e. The standard InChI is InChI=1S/C20H29N3O6/c1-5-28-16(24)11-21-18(25)14(4)22-19(26)17(13(2)3)23-20(27)29-12-15-9-7-6-8-10-15/h6-10,13-14,17H,5,11-12H2,1-4H3,(H,21,25)(H,22,26)(H,23,27). The molecule has 0 aromatic heterocycles. The highest BCUT2D eigenvalue weighted by Gasteiger charge is 2.27. The summed E-state index contributed by atoms with van der Waals surface area (Å²) in [6, 6.07) is 7.35. The minimum atomic E-state index is -0.902. The summed E-state index contributed by atoms with van der Waals surface area (Å²) in [6.07, 6.45) is -0.734. The third-order valence-corrected chi connectivity index (χ3v) is 3.90. The van der Waals surface area contributed by atoms with Crippen molar-refractivity contribution in [3.05, 3.63) is 35.9 Å². The van der Waals surface area contributed by atoms with Crippen molar-refractivity contribution in [3.8, 4) is 0 Å². The SMILES string of the molecule is CCOC(=O)CNC(=O)C(C)NC(=O)C(NC(=O)OCc1ccccc1)C(C)C. The second-order valence-corrected chi connectivity index (χ2v) is 6.68. The summed E-state index contributed by atoms with van der Waals surface area (Å²) in [5.74, 6) is -1.88. The number of carbonyl (C=O) groups is 4. The van der Waals surface area contributed by atoms with Crippen LogP contribution in [0.4, 0.5) is 4.79 Å². The molecule has 160 valence electrons. The van der Waals surface area contributed by atoms with Crippen LogP contribution >= 0.6 is 0 Å². The fourth-order valence-corrected chi connectivity index (χ4v) is 2.32. The van der Waals surface area contributed by atoms with Crippen molar-refractivity contribution in [2.24, 2.45) is 5.92 Å². The molecule has 3 amide bonds. The van der Waals surface area contributed by atoms with E-state index in [1.165, 1.54) is 6.92 Å². The lowest BCUT2D eigenvalue weighted by atomic mass is 10.0. The van der Waals surface area contributed by atoms with Crippen LogP contribution in [0.15, 0.2) is 30.3 Å². The van der Waals surface area contributed by atoms with Crippen LogP contribution in [0.3, 0.4) is 0 Å². The molecule has 29 heavy (non-hydrogen) atoms. The first-order valence-corrected chi connectivity index (χ1v) is 9.45. The van der Waals surface area contributed by atoms with Crippen LogP contribution in [0.25, 0.3) is 0 Å². The highest BCUT2D eigenvalue weighted by Crippen LogP contribution is 2.05. The lowest BCUT2D eigenvalue weighted by molar-refractivity contribution is -0.143. The lowest BCUT2D eigenvalue weighted by Gasteiger charge is -2.23. The molecule has 0 heterocycles. The Kier molecular flexibility index (Phi) is 10.2. The van der Waals surface area contributed by atoms with Crippen molar-refractivity contribution in [2.45, 2.75) is 46.4 Å². The Morgan fingerprint density at radius 1 is 0.931 bits per heavy atom. The first-order valence-electron chi connectivity index (χ1n) is 9.45. The highest BCUT2D eigenvalue weighted by molar-refractivity contribution is 5.92. The van der Waals surface area contributed by atoms with Crippen LogP contribution in [0.1, 0.15) is 33.3 Å². The molecular weight excluding hydrogens is 378 g/mol. The molecule has 1 aromatic rings. The zero-order valence-electron chi connectivity index (χ0n) is 17.2. The number of nitrogens with one attached hydrogen (secondary N) is 3. The van der Waals surface area contributed by atoms with Crippen LogP contribution < -0.4 is 16.0 Å². The number of benzene rings is 1. The maximum absolute atomic E-state index is 12.5. The van der Waals surface area contributed by atoms with E-state index >= 15 is 0 Å². The summed E-state index contributed by atoms with van der Waals surface area (Å²) >= 11 is 0. The molecule has 0 aliphatic heterocycles. The zero-order chi connectivity index (χ0) is 21.8. The molecule has 0 saturated heterocycles. The molecule has 0 aliphatic rings. The molecule has 0 saturated carbocycles. The molecule has 0 fully saturated rings. The molecule has 9 heteroatoms. The number of amides is 3. The van der Waals surface area contributed by atoms with Gasteiger partial charge in [0.15, 0.2) is 0 Å². The fourth-order valence-electron chi connectivity index (χ4n) is 2.32. The van der Waals surface area contributed by atoms with Gasteiger partial charge in [-0.25, -0.2) is 4.79 Å². The minimum absolute atomic E-state index is 0.0752. The van der Waals surface area contributed by atoms with E-state index in [0.29, 0.717) is 0 Å². The quantitative estimate of drug-likeness (QED) is 0.500. The molecule has 3 N–H and O–H groups in total. The van der Waals surface area contributed by atoms with E-state index in [0.717, 1.165) is 5.56 Å². The summed E-state index contributed by atoms with van der Waals surface area (Å²) in [4.78, 5) is 47.9. The van der Waals surface area contributed by atoms with Gasteiger partial charge in [-0.15, -0.1) is 0 Å². The van der Waals surface area contributed by atoms with Crippen LogP contribution in [-0.4, -0.2) is 49.1 Å². The third-order valence-electron chi connectivity index (χ3n) is 3.90. The Morgan fingerprint density at radius 3 is 2.17 bits per heavy atom. The van der Waals surface area contributed by atoms with Gasteiger partial charge < -0.3 is 25.4 Å². The predicted octanol–water partition coefficient (Wildman–Crippen LogP) is 1.12. The fraction of sp³-hybridized carbons (Fsp3) is 0.500. The van der Waals surface area contributed by atoms with Crippen LogP contribution in [0, 0.1) is 5.92 Å².